The minimum atomic E-state index is -1.81. The average Bonchev–Trinajstić information content (AvgIpc) is 3.18. The Labute approximate surface area is 163 Å². The van der Waals surface area contributed by atoms with Crippen LogP contribution in [0.2, 0.25) is 0 Å². The standard InChI is InChI=1S/C18H16F3N5O3/c1-11(17-15(21)5-22-8-24-17)18(29-6-16(27)28,7-26-10-23-9-25-26)13-3-2-12(19)4-14(13)20/h2-5,8-11H,6-7H2,1H3,(H,27,28)/t11-,18+/m0/s1. The van der Waals surface area contributed by atoms with E-state index in [4.69, 9.17) is 9.84 Å². The lowest BCUT2D eigenvalue weighted by Gasteiger charge is -2.39. The molecule has 0 amide bonds. The van der Waals surface area contributed by atoms with E-state index in [1.807, 2.05) is 0 Å². The van der Waals surface area contributed by atoms with Gasteiger partial charge in [0.2, 0.25) is 0 Å². The lowest BCUT2D eigenvalue weighted by atomic mass is 9.79. The molecular formula is C18H16F3N5O3. The van der Waals surface area contributed by atoms with Crippen molar-refractivity contribution >= 4 is 5.97 Å². The Balaban J connectivity index is 2.22. The maximum Gasteiger partial charge on any atom is 0.329 e. The Morgan fingerprint density at radius 3 is 2.66 bits per heavy atom. The van der Waals surface area contributed by atoms with Crippen LogP contribution in [0.4, 0.5) is 13.2 Å². The van der Waals surface area contributed by atoms with Gasteiger partial charge in [0.15, 0.2) is 5.82 Å². The Morgan fingerprint density at radius 2 is 2.03 bits per heavy atom. The van der Waals surface area contributed by atoms with Gasteiger partial charge in [-0.15, -0.1) is 0 Å². The molecule has 0 saturated carbocycles. The van der Waals surface area contributed by atoms with E-state index in [1.54, 1.807) is 0 Å². The number of nitrogens with zero attached hydrogens (tertiary/aromatic N) is 5. The Bertz CT molecular complexity index is 1000. The number of hydrogen-bond donors (Lipinski definition) is 1. The molecule has 0 fully saturated rings. The van der Waals surface area contributed by atoms with Crippen LogP contribution in [-0.2, 0) is 21.7 Å². The molecule has 3 rings (SSSR count). The van der Waals surface area contributed by atoms with E-state index in [0.717, 1.165) is 24.7 Å². The van der Waals surface area contributed by atoms with E-state index in [-0.39, 0.29) is 17.8 Å². The predicted molar refractivity (Wildman–Crippen MR) is 92.1 cm³/mol. The lowest BCUT2D eigenvalue weighted by molar-refractivity contribution is -0.155. The summed E-state index contributed by atoms with van der Waals surface area (Å²) in [5.74, 6) is -4.96. The average molecular weight is 407 g/mol. The van der Waals surface area contributed by atoms with Crippen molar-refractivity contribution < 1.29 is 27.8 Å². The number of carbonyl (C=O) groups is 1. The number of aromatic nitrogens is 5. The zero-order chi connectivity index (χ0) is 21.0. The predicted octanol–water partition coefficient (Wildman–Crippen LogP) is 2.29. The minimum absolute atomic E-state index is 0.130. The fraction of sp³-hybridized carbons (Fsp3) is 0.278. The maximum absolute atomic E-state index is 14.8. The monoisotopic (exact) mass is 407 g/mol. The van der Waals surface area contributed by atoms with Gasteiger partial charge >= 0.3 is 5.97 Å². The van der Waals surface area contributed by atoms with Crippen molar-refractivity contribution in [3.05, 3.63) is 72.1 Å². The molecule has 0 aliphatic carbocycles. The number of rotatable bonds is 8. The Morgan fingerprint density at radius 1 is 1.24 bits per heavy atom. The van der Waals surface area contributed by atoms with Crippen molar-refractivity contribution in [2.75, 3.05) is 6.61 Å². The minimum Gasteiger partial charge on any atom is -0.480 e. The van der Waals surface area contributed by atoms with E-state index in [2.05, 4.69) is 20.1 Å². The summed E-state index contributed by atoms with van der Waals surface area (Å²) in [5, 5.41) is 13.1. The van der Waals surface area contributed by atoms with Gasteiger partial charge in [0.1, 0.15) is 42.8 Å². The Kier molecular flexibility index (Phi) is 5.87. The number of carboxylic acid groups (broad SMARTS) is 1. The van der Waals surface area contributed by atoms with Gasteiger partial charge in [0, 0.05) is 17.5 Å². The molecule has 1 aromatic carbocycles. The van der Waals surface area contributed by atoms with Crippen LogP contribution in [0.25, 0.3) is 0 Å². The summed E-state index contributed by atoms with van der Waals surface area (Å²) in [6.07, 6.45) is 4.56. The van der Waals surface area contributed by atoms with E-state index in [1.165, 1.54) is 24.3 Å². The summed E-state index contributed by atoms with van der Waals surface area (Å²) in [5.41, 5.74) is -2.12. The van der Waals surface area contributed by atoms with Gasteiger partial charge in [-0.25, -0.2) is 37.6 Å². The number of benzene rings is 1. The zero-order valence-corrected chi connectivity index (χ0v) is 15.2. The van der Waals surface area contributed by atoms with Gasteiger partial charge < -0.3 is 9.84 Å². The van der Waals surface area contributed by atoms with Gasteiger partial charge in [-0.3, -0.25) is 0 Å². The van der Waals surface area contributed by atoms with Crippen molar-refractivity contribution in [2.24, 2.45) is 0 Å². The van der Waals surface area contributed by atoms with Gasteiger partial charge in [-0.2, -0.15) is 5.10 Å². The molecule has 0 bridgehead atoms. The SMILES string of the molecule is C[C@@H](c1ncncc1F)[C@@](Cn1cncn1)(OCC(=O)O)c1ccc(F)cc1F. The zero-order valence-electron chi connectivity index (χ0n) is 15.2. The molecule has 0 aliphatic rings. The van der Waals surface area contributed by atoms with E-state index in [9.17, 15) is 18.0 Å². The normalized spacial score (nSPS) is 14.3. The first-order valence-corrected chi connectivity index (χ1v) is 8.42. The highest BCUT2D eigenvalue weighted by atomic mass is 19.1. The highest BCUT2D eigenvalue weighted by Gasteiger charge is 2.45. The topological polar surface area (TPSA) is 103 Å². The summed E-state index contributed by atoms with van der Waals surface area (Å²) in [4.78, 5) is 22.5. The molecule has 3 aromatic rings. The summed E-state index contributed by atoms with van der Waals surface area (Å²) in [6.45, 7) is 0.420. The first kappa shape index (κ1) is 20.4. The van der Waals surface area contributed by atoms with Crippen LogP contribution in [0.15, 0.2) is 43.4 Å². The fourth-order valence-corrected chi connectivity index (χ4v) is 3.14. The van der Waals surface area contributed by atoms with Crippen LogP contribution in [0.5, 0.6) is 0 Å². The molecule has 0 aliphatic heterocycles. The van der Waals surface area contributed by atoms with Crippen LogP contribution in [-0.4, -0.2) is 42.4 Å². The van der Waals surface area contributed by atoms with Crippen LogP contribution >= 0.6 is 0 Å². The third kappa shape index (κ3) is 4.24. The van der Waals surface area contributed by atoms with Crippen molar-refractivity contribution in [3.8, 4) is 0 Å². The van der Waals surface area contributed by atoms with Crippen molar-refractivity contribution in [1.29, 1.82) is 0 Å². The molecule has 0 unspecified atom stereocenters. The number of hydrogen-bond acceptors (Lipinski definition) is 6. The maximum atomic E-state index is 14.8. The molecular weight excluding hydrogens is 391 g/mol. The van der Waals surface area contributed by atoms with Gasteiger partial charge in [0.25, 0.3) is 0 Å². The molecule has 11 heteroatoms. The summed E-state index contributed by atoms with van der Waals surface area (Å²) < 4.78 is 49.8. The van der Waals surface area contributed by atoms with Crippen LogP contribution in [0.1, 0.15) is 24.1 Å². The van der Waals surface area contributed by atoms with Gasteiger partial charge in [-0.05, 0) is 6.07 Å². The van der Waals surface area contributed by atoms with Gasteiger partial charge in [-0.1, -0.05) is 13.0 Å². The second kappa shape index (κ2) is 8.35. The van der Waals surface area contributed by atoms with Crippen molar-refractivity contribution in [1.82, 2.24) is 24.7 Å². The molecule has 0 saturated heterocycles. The van der Waals surface area contributed by atoms with Crippen LogP contribution in [0, 0.1) is 17.5 Å². The quantitative estimate of drug-likeness (QED) is 0.611. The van der Waals surface area contributed by atoms with E-state index in [0.29, 0.717) is 6.07 Å². The smallest absolute Gasteiger partial charge is 0.329 e. The number of ether oxygens (including phenoxy) is 1. The first-order valence-electron chi connectivity index (χ1n) is 8.42. The molecule has 8 nitrogen and oxygen atoms in total. The van der Waals surface area contributed by atoms with E-state index < -0.39 is 41.5 Å². The van der Waals surface area contributed by atoms with Crippen LogP contribution in [0.3, 0.4) is 0 Å². The van der Waals surface area contributed by atoms with Gasteiger partial charge in [0.05, 0.1) is 18.4 Å². The number of aliphatic carboxylic acids is 1. The third-order valence-corrected chi connectivity index (χ3v) is 4.51. The summed E-state index contributed by atoms with van der Waals surface area (Å²) in [6, 6.07) is 2.76. The second-order valence-electron chi connectivity index (χ2n) is 6.27. The number of halogens is 3. The molecule has 2 atom stereocenters. The van der Waals surface area contributed by atoms with Crippen molar-refractivity contribution in [3.63, 3.8) is 0 Å². The van der Waals surface area contributed by atoms with Crippen molar-refractivity contribution in [2.45, 2.75) is 25.0 Å². The van der Waals surface area contributed by atoms with E-state index >= 15 is 0 Å². The second-order valence-corrected chi connectivity index (χ2v) is 6.27. The molecule has 2 aromatic heterocycles. The largest absolute Gasteiger partial charge is 0.480 e. The Hall–Kier alpha value is -3.34. The summed E-state index contributed by atoms with van der Waals surface area (Å²) >= 11 is 0. The third-order valence-electron chi connectivity index (χ3n) is 4.51. The molecule has 29 heavy (non-hydrogen) atoms. The van der Waals surface area contributed by atoms with Crippen LogP contribution < -0.4 is 0 Å². The summed E-state index contributed by atoms with van der Waals surface area (Å²) in [7, 11) is 0. The first-order chi connectivity index (χ1) is 13.8. The molecule has 152 valence electrons. The molecule has 0 radical (unpaired) electrons. The number of carboxylic acids is 1. The highest BCUT2D eigenvalue weighted by molar-refractivity contribution is 5.68. The molecule has 1 N–H and O–H groups in total. The molecule has 2 heterocycles. The lowest BCUT2D eigenvalue weighted by Crippen LogP contribution is -2.43. The highest BCUT2D eigenvalue weighted by Crippen LogP contribution is 2.42. The molecule has 0 spiro atoms. The fourth-order valence-electron chi connectivity index (χ4n) is 3.14.